The Kier molecular flexibility index (Phi) is 5.58. The third-order valence-electron chi connectivity index (χ3n) is 3.36. The summed E-state index contributed by atoms with van der Waals surface area (Å²) in [5.41, 5.74) is 0. The van der Waals surface area contributed by atoms with Crippen molar-refractivity contribution in [2.24, 2.45) is 5.92 Å². The molecule has 2 heterocycles. The average Bonchev–Trinajstić information content (AvgIpc) is 2.76. The third-order valence-corrected chi connectivity index (χ3v) is 4.23. The van der Waals surface area contributed by atoms with Crippen LogP contribution in [0.25, 0.3) is 0 Å². The molecule has 0 aliphatic carbocycles. The summed E-state index contributed by atoms with van der Waals surface area (Å²) in [6.45, 7) is 7.49. The van der Waals surface area contributed by atoms with Gasteiger partial charge in [-0.25, -0.2) is 0 Å². The summed E-state index contributed by atoms with van der Waals surface area (Å²) in [7, 11) is 0. The van der Waals surface area contributed by atoms with E-state index >= 15 is 0 Å². The highest BCUT2D eigenvalue weighted by atomic mass is 32.1. The molecule has 1 aliphatic rings. The molecule has 0 aromatic carbocycles. The van der Waals surface area contributed by atoms with E-state index < -0.39 is 0 Å². The van der Waals surface area contributed by atoms with Gasteiger partial charge in [0.05, 0.1) is 6.10 Å². The molecular formula is C14H25N3OS. The Labute approximate surface area is 120 Å². The molecule has 2 rings (SSSR count). The second-order valence-electron chi connectivity index (χ2n) is 5.75. The van der Waals surface area contributed by atoms with Crippen molar-refractivity contribution in [3.8, 4) is 0 Å². The summed E-state index contributed by atoms with van der Waals surface area (Å²) < 4.78 is 5.77. The zero-order chi connectivity index (χ0) is 13.7. The quantitative estimate of drug-likeness (QED) is 0.868. The van der Waals surface area contributed by atoms with E-state index in [4.69, 9.17) is 4.74 Å². The van der Waals surface area contributed by atoms with E-state index in [9.17, 15) is 0 Å². The number of hydrogen-bond donors (Lipinski definition) is 1. The van der Waals surface area contributed by atoms with Crippen LogP contribution in [0, 0.1) is 5.92 Å². The van der Waals surface area contributed by atoms with Gasteiger partial charge in [-0.1, -0.05) is 38.5 Å². The Balaban J connectivity index is 1.84. The molecule has 2 atom stereocenters. The zero-order valence-electron chi connectivity index (χ0n) is 12.2. The van der Waals surface area contributed by atoms with Crippen molar-refractivity contribution in [1.82, 2.24) is 10.2 Å². The molecular weight excluding hydrogens is 258 g/mol. The lowest BCUT2D eigenvalue weighted by atomic mass is 10.0. The highest BCUT2D eigenvalue weighted by molar-refractivity contribution is 7.15. The Morgan fingerprint density at radius 2 is 2.26 bits per heavy atom. The molecule has 1 saturated heterocycles. The molecule has 0 bridgehead atoms. The van der Waals surface area contributed by atoms with Crippen molar-refractivity contribution in [3.05, 3.63) is 5.01 Å². The minimum atomic E-state index is 0.416. The van der Waals surface area contributed by atoms with Crippen LogP contribution in [0.3, 0.4) is 0 Å². The van der Waals surface area contributed by atoms with Gasteiger partial charge >= 0.3 is 0 Å². The minimum Gasteiger partial charge on any atom is -0.378 e. The van der Waals surface area contributed by atoms with Gasteiger partial charge in [0, 0.05) is 19.1 Å². The molecule has 108 valence electrons. The van der Waals surface area contributed by atoms with Crippen LogP contribution in [-0.4, -0.2) is 29.0 Å². The van der Waals surface area contributed by atoms with Crippen LogP contribution < -0.4 is 5.32 Å². The smallest absolute Gasteiger partial charge is 0.205 e. The molecule has 2 unspecified atom stereocenters. The van der Waals surface area contributed by atoms with Crippen molar-refractivity contribution in [2.45, 2.75) is 65.0 Å². The van der Waals surface area contributed by atoms with E-state index in [-0.39, 0.29) is 0 Å². The zero-order valence-corrected chi connectivity index (χ0v) is 13.0. The fraction of sp³-hybridized carbons (Fsp3) is 0.857. The van der Waals surface area contributed by atoms with Crippen molar-refractivity contribution >= 4 is 16.5 Å². The maximum Gasteiger partial charge on any atom is 0.205 e. The molecule has 1 aromatic rings. The van der Waals surface area contributed by atoms with Crippen LogP contribution >= 0.6 is 11.3 Å². The maximum absolute atomic E-state index is 5.77. The van der Waals surface area contributed by atoms with E-state index in [1.54, 1.807) is 11.3 Å². The first kappa shape index (κ1) is 14.7. The number of aromatic nitrogens is 2. The molecule has 1 N–H and O–H groups in total. The van der Waals surface area contributed by atoms with E-state index in [1.165, 1.54) is 6.42 Å². The number of ether oxygens (including phenoxy) is 1. The van der Waals surface area contributed by atoms with Gasteiger partial charge < -0.3 is 10.1 Å². The molecule has 19 heavy (non-hydrogen) atoms. The number of nitrogens with zero attached hydrogens (tertiary/aromatic N) is 2. The fourth-order valence-corrected chi connectivity index (χ4v) is 3.48. The predicted molar refractivity (Wildman–Crippen MR) is 79.7 cm³/mol. The topological polar surface area (TPSA) is 47.0 Å². The van der Waals surface area contributed by atoms with Gasteiger partial charge in [0.15, 0.2) is 0 Å². The fourth-order valence-electron chi connectivity index (χ4n) is 2.45. The molecule has 0 radical (unpaired) electrons. The molecule has 5 heteroatoms. The second-order valence-corrected chi connectivity index (χ2v) is 6.81. The molecule has 1 fully saturated rings. The summed E-state index contributed by atoms with van der Waals surface area (Å²) in [4.78, 5) is 0. The molecule has 0 saturated carbocycles. The number of nitrogens with one attached hydrogen (secondary N) is 1. The Bertz CT molecular complexity index is 379. The van der Waals surface area contributed by atoms with Crippen molar-refractivity contribution in [3.63, 3.8) is 0 Å². The highest BCUT2D eigenvalue weighted by Crippen LogP contribution is 2.24. The number of hydrogen-bond acceptors (Lipinski definition) is 5. The van der Waals surface area contributed by atoms with Gasteiger partial charge in [-0.2, -0.15) is 0 Å². The van der Waals surface area contributed by atoms with Crippen molar-refractivity contribution in [2.75, 3.05) is 11.9 Å². The summed E-state index contributed by atoms with van der Waals surface area (Å²) in [5.74, 6) is 0.637. The molecule has 0 amide bonds. The van der Waals surface area contributed by atoms with Gasteiger partial charge in [-0.15, -0.1) is 10.2 Å². The van der Waals surface area contributed by atoms with Crippen LogP contribution in [0.15, 0.2) is 0 Å². The third kappa shape index (κ3) is 4.73. The van der Waals surface area contributed by atoms with Gasteiger partial charge in [0.25, 0.3) is 0 Å². The molecule has 4 nitrogen and oxygen atoms in total. The standard InChI is InChI=1S/C14H25N3OS/c1-4-5-12-9-11(6-7-18-12)15-14-17-16-13(19-14)8-10(2)3/h10-12H,4-9H2,1-3H3,(H,15,17). The lowest BCUT2D eigenvalue weighted by molar-refractivity contribution is 0.00597. The van der Waals surface area contributed by atoms with Gasteiger partial charge in [0.2, 0.25) is 5.13 Å². The first-order valence-corrected chi connectivity index (χ1v) is 8.19. The summed E-state index contributed by atoms with van der Waals surface area (Å²) >= 11 is 1.70. The molecule has 1 aromatic heterocycles. The monoisotopic (exact) mass is 283 g/mol. The van der Waals surface area contributed by atoms with Crippen molar-refractivity contribution in [1.29, 1.82) is 0 Å². The summed E-state index contributed by atoms with van der Waals surface area (Å²) in [6, 6.07) is 0.491. The lowest BCUT2D eigenvalue weighted by Gasteiger charge is -2.29. The number of rotatable bonds is 6. The summed E-state index contributed by atoms with van der Waals surface area (Å²) in [5, 5.41) is 14.1. The maximum atomic E-state index is 5.77. The van der Waals surface area contributed by atoms with E-state index in [2.05, 4.69) is 36.3 Å². The normalized spacial score (nSPS) is 23.8. The predicted octanol–water partition coefficient (Wildman–Crippen LogP) is 3.50. The average molecular weight is 283 g/mol. The van der Waals surface area contributed by atoms with Gasteiger partial charge in [-0.05, 0) is 25.2 Å². The van der Waals surface area contributed by atoms with Crippen LogP contribution in [-0.2, 0) is 11.2 Å². The van der Waals surface area contributed by atoms with Gasteiger partial charge in [-0.3, -0.25) is 0 Å². The first-order chi connectivity index (χ1) is 9.17. The molecule has 1 aliphatic heterocycles. The van der Waals surface area contributed by atoms with E-state index in [0.29, 0.717) is 18.1 Å². The molecule has 0 spiro atoms. The second kappa shape index (κ2) is 7.20. The Morgan fingerprint density at radius 3 is 3.00 bits per heavy atom. The van der Waals surface area contributed by atoms with Crippen LogP contribution in [0.5, 0.6) is 0 Å². The largest absolute Gasteiger partial charge is 0.378 e. The SMILES string of the molecule is CCCC1CC(Nc2nnc(CC(C)C)s2)CCO1. The van der Waals surface area contributed by atoms with E-state index in [1.807, 2.05) is 0 Å². The Hall–Kier alpha value is -0.680. The van der Waals surface area contributed by atoms with Crippen molar-refractivity contribution < 1.29 is 4.74 Å². The van der Waals surface area contributed by atoms with Gasteiger partial charge in [0.1, 0.15) is 5.01 Å². The van der Waals surface area contributed by atoms with E-state index in [0.717, 1.165) is 42.4 Å². The lowest BCUT2D eigenvalue weighted by Crippen LogP contribution is -2.33. The summed E-state index contributed by atoms with van der Waals surface area (Å²) in [6.07, 6.45) is 5.94. The minimum absolute atomic E-state index is 0.416. The first-order valence-electron chi connectivity index (χ1n) is 7.38. The number of anilines is 1. The highest BCUT2D eigenvalue weighted by Gasteiger charge is 2.22. The Morgan fingerprint density at radius 1 is 1.42 bits per heavy atom. The van der Waals surface area contributed by atoms with Crippen LogP contribution in [0.4, 0.5) is 5.13 Å². The van der Waals surface area contributed by atoms with Crippen LogP contribution in [0.1, 0.15) is 51.5 Å². The van der Waals surface area contributed by atoms with Crippen LogP contribution in [0.2, 0.25) is 0 Å².